The number of aromatic nitrogens is 2. The predicted octanol–water partition coefficient (Wildman–Crippen LogP) is 5.91. The van der Waals surface area contributed by atoms with Crippen LogP contribution in [0.1, 0.15) is 31.2 Å². The van der Waals surface area contributed by atoms with Crippen LogP contribution >= 0.6 is 0 Å². The number of furan rings is 1. The molecule has 3 nitrogen and oxygen atoms in total. The second-order valence-electron chi connectivity index (χ2n) is 7.17. The van der Waals surface area contributed by atoms with Gasteiger partial charge in [-0.3, -0.25) is 4.98 Å². The van der Waals surface area contributed by atoms with Crippen molar-refractivity contribution in [2.45, 2.75) is 32.1 Å². The van der Waals surface area contributed by atoms with E-state index in [9.17, 15) is 4.39 Å². The fraction of sp³-hybridized carbons (Fsp3) is 0.273. The smallest absolute Gasteiger partial charge is 0.229 e. The van der Waals surface area contributed by atoms with Gasteiger partial charge in [0.1, 0.15) is 5.58 Å². The Labute approximate surface area is 150 Å². The maximum absolute atomic E-state index is 13.5. The molecule has 26 heavy (non-hydrogen) atoms. The molecule has 130 valence electrons. The Morgan fingerprint density at radius 1 is 1.04 bits per heavy atom. The molecule has 1 saturated carbocycles. The van der Waals surface area contributed by atoms with Gasteiger partial charge in [0.15, 0.2) is 0 Å². The molecule has 1 aliphatic rings. The minimum atomic E-state index is -0.533. The van der Waals surface area contributed by atoms with Gasteiger partial charge in [0.05, 0.1) is 5.69 Å². The van der Waals surface area contributed by atoms with Gasteiger partial charge in [0.2, 0.25) is 11.7 Å². The summed E-state index contributed by atoms with van der Waals surface area (Å²) in [6, 6.07) is 13.3. The summed E-state index contributed by atoms with van der Waals surface area (Å²) >= 11 is 0. The van der Waals surface area contributed by atoms with Crippen molar-refractivity contribution in [2.75, 3.05) is 0 Å². The van der Waals surface area contributed by atoms with Gasteiger partial charge < -0.3 is 4.42 Å². The number of nitrogens with zero attached hydrogens (tertiary/aromatic N) is 2. The third-order valence-electron chi connectivity index (χ3n) is 5.43. The highest BCUT2D eigenvalue weighted by molar-refractivity contribution is 6.08. The van der Waals surface area contributed by atoms with Gasteiger partial charge in [-0.25, -0.2) is 0 Å². The number of rotatable bonds is 3. The molecule has 0 N–H and O–H groups in total. The molecule has 4 heteroatoms. The molecule has 5 rings (SSSR count). The lowest BCUT2D eigenvalue weighted by Crippen LogP contribution is -1.99. The van der Waals surface area contributed by atoms with Crippen LogP contribution in [0.2, 0.25) is 0 Å². The average molecular weight is 346 g/mol. The van der Waals surface area contributed by atoms with Crippen molar-refractivity contribution in [1.29, 1.82) is 0 Å². The van der Waals surface area contributed by atoms with Crippen molar-refractivity contribution in [3.05, 3.63) is 60.2 Å². The quantitative estimate of drug-likeness (QED) is 0.433. The normalized spacial score (nSPS) is 15.3. The van der Waals surface area contributed by atoms with E-state index >= 15 is 0 Å². The molecule has 1 aliphatic carbocycles. The second kappa shape index (κ2) is 6.20. The molecule has 4 aromatic rings. The number of fused-ring (bicyclic) bond motifs is 3. The molecule has 1 fully saturated rings. The van der Waals surface area contributed by atoms with E-state index < -0.39 is 5.95 Å². The molecule has 0 unspecified atom stereocenters. The monoisotopic (exact) mass is 346 g/mol. The summed E-state index contributed by atoms with van der Waals surface area (Å²) in [6.45, 7) is 0. The van der Waals surface area contributed by atoms with Gasteiger partial charge in [0.25, 0.3) is 0 Å². The van der Waals surface area contributed by atoms with Gasteiger partial charge in [0, 0.05) is 22.5 Å². The first-order chi connectivity index (χ1) is 12.8. The number of benzene rings is 1. The van der Waals surface area contributed by atoms with Crippen molar-refractivity contribution in [2.24, 2.45) is 5.92 Å². The minimum Gasteiger partial charge on any atom is -0.437 e. The van der Waals surface area contributed by atoms with Crippen LogP contribution in [0, 0.1) is 11.9 Å². The Kier molecular flexibility index (Phi) is 3.70. The second-order valence-corrected chi connectivity index (χ2v) is 7.17. The molecular weight excluding hydrogens is 327 g/mol. The van der Waals surface area contributed by atoms with E-state index in [1.165, 1.54) is 37.3 Å². The first kappa shape index (κ1) is 15.5. The lowest BCUT2D eigenvalue weighted by molar-refractivity contribution is 0.546. The molecular formula is C22H19FN2O. The molecule has 0 saturated heterocycles. The molecule has 0 atom stereocenters. The van der Waals surface area contributed by atoms with Crippen LogP contribution in [0.4, 0.5) is 4.39 Å². The Morgan fingerprint density at radius 3 is 2.81 bits per heavy atom. The topological polar surface area (TPSA) is 38.9 Å². The van der Waals surface area contributed by atoms with Crippen LogP contribution in [0.25, 0.3) is 33.3 Å². The van der Waals surface area contributed by atoms with E-state index in [4.69, 9.17) is 4.42 Å². The summed E-state index contributed by atoms with van der Waals surface area (Å²) in [4.78, 5) is 8.45. The molecule has 0 aliphatic heterocycles. The Balaban J connectivity index is 1.61. The number of hydrogen-bond donors (Lipinski definition) is 0. The zero-order valence-corrected chi connectivity index (χ0v) is 14.4. The van der Waals surface area contributed by atoms with E-state index in [0.29, 0.717) is 11.3 Å². The summed E-state index contributed by atoms with van der Waals surface area (Å²) in [5, 5.41) is 1.76. The SMILES string of the molecule is Fc1ccc2c(n1)oc1c(-c3cc(CC4CCCC4)ccn3)cccc12. The standard InChI is InChI=1S/C22H19FN2O/c23-20-9-8-17-16-6-3-7-18(21(16)26-22(17)25-20)19-13-15(10-11-24-19)12-14-4-1-2-5-14/h3,6-11,13-14H,1-2,4-5,12H2. The van der Waals surface area contributed by atoms with Crippen LogP contribution < -0.4 is 0 Å². The first-order valence-electron chi connectivity index (χ1n) is 9.21. The maximum atomic E-state index is 13.5. The van der Waals surface area contributed by atoms with Crippen molar-refractivity contribution in [3.63, 3.8) is 0 Å². The lowest BCUT2D eigenvalue weighted by Gasteiger charge is -2.10. The van der Waals surface area contributed by atoms with Crippen molar-refractivity contribution < 1.29 is 8.81 Å². The van der Waals surface area contributed by atoms with Gasteiger partial charge in [-0.15, -0.1) is 0 Å². The third kappa shape index (κ3) is 2.66. The highest BCUT2D eigenvalue weighted by Crippen LogP contribution is 2.35. The Bertz CT molecular complexity index is 1100. The fourth-order valence-electron chi connectivity index (χ4n) is 4.15. The Morgan fingerprint density at radius 2 is 1.92 bits per heavy atom. The summed E-state index contributed by atoms with van der Waals surface area (Å²) < 4.78 is 19.4. The first-order valence-corrected chi connectivity index (χ1v) is 9.21. The zero-order chi connectivity index (χ0) is 17.5. The fourth-order valence-corrected chi connectivity index (χ4v) is 4.15. The molecule has 0 amide bonds. The van der Waals surface area contributed by atoms with E-state index in [-0.39, 0.29) is 0 Å². The average Bonchev–Trinajstić information content (AvgIpc) is 3.28. The lowest BCUT2D eigenvalue weighted by atomic mass is 9.97. The van der Waals surface area contributed by atoms with Crippen LogP contribution in [0.15, 0.2) is 53.1 Å². The molecule has 3 heterocycles. The summed E-state index contributed by atoms with van der Waals surface area (Å²) in [6.07, 6.45) is 8.34. The summed E-state index contributed by atoms with van der Waals surface area (Å²) in [7, 11) is 0. The van der Waals surface area contributed by atoms with Crippen LogP contribution in [-0.4, -0.2) is 9.97 Å². The van der Waals surface area contributed by atoms with Gasteiger partial charge in [-0.2, -0.15) is 9.37 Å². The number of para-hydroxylation sites is 1. The van der Waals surface area contributed by atoms with E-state index in [0.717, 1.165) is 34.4 Å². The van der Waals surface area contributed by atoms with Crippen molar-refractivity contribution in [1.82, 2.24) is 9.97 Å². The molecule has 0 radical (unpaired) electrons. The van der Waals surface area contributed by atoms with E-state index in [1.54, 1.807) is 6.07 Å². The molecule has 1 aromatic carbocycles. The number of pyridine rings is 2. The van der Waals surface area contributed by atoms with Crippen LogP contribution in [0.3, 0.4) is 0 Å². The molecule has 0 bridgehead atoms. The number of hydrogen-bond acceptors (Lipinski definition) is 3. The number of halogens is 1. The highest BCUT2D eigenvalue weighted by atomic mass is 19.1. The maximum Gasteiger partial charge on any atom is 0.229 e. The summed E-state index contributed by atoms with van der Waals surface area (Å²) in [5.74, 6) is 0.259. The largest absolute Gasteiger partial charge is 0.437 e. The minimum absolute atomic E-state index is 0.328. The van der Waals surface area contributed by atoms with Crippen LogP contribution in [0.5, 0.6) is 0 Å². The van der Waals surface area contributed by atoms with Gasteiger partial charge in [-0.1, -0.05) is 37.8 Å². The summed E-state index contributed by atoms with van der Waals surface area (Å²) in [5.41, 5.74) is 4.18. The third-order valence-corrected chi connectivity index (χ3v) is 5.43. The molecule has 0 spiro atoms. The molecule has 3 aromatic heterocycles. The van der Waals surface area contributed by atoms with Crippen molar-refractivity contribution >= 4 is 22.1 Å². The van der Waals surface area contributed by atoms with Crippen LogP contribution in [-0.2, 0) is 6.42 Å². The van der Waals surface area contributed by atoms with Crippen molar-refractivity contribution in [3.8, 4) is 11.3 Å². The van der Waals surface area contributed by atoms with Gasteiger partial charge >= 0.3 is 0 Å². The van der Waals surface area contributed by atoms with E-state index in [1.807, 2.05) is 24.4 Å². The predicted molar refractivity (Wildman–Crippen MR) is 100 cm³/mol. The Hall–Kier alpha value is -2.75. The highest BCUT2D eigenvalue weighted by Gasteiger charge is 2.17. The van der Waals surface area contributed by atoms with E-state index in [2.05, 4.69) is 22.1 Å². The zero-order valence-electron chi connectivity index (χ0n) is 14.4. The van der Waals surface area contributed by atoms with Gasteiger partial charge in [-0.05, 0) is 48.2 Å².